The van der Waals surface area contributed by atoms with E-state index >= 15 is 0 Å². The Bertz CT molecular complexity index is 601. The first kappa shape index (κ1) is 15.7. The van der Waals surface area contributed by atoms with Crippen LogP contribution in [0.25, 0.3) is 0 Å². The summed E-state index contributed by atoms with van der Waals surface area (Å²) in [6, 6.07) is 13.9. The highest BCUT2D eigenvalue weighted by atomic mass is 35.5. The van der Waals surface area contributed by atoms with Gasteiger partial charge in [-0.25, -0.2) is 0 Å². The number of para-hydroxylation sites is 1. The highest BCUT2D eigenvalue weighted by Gasteiger charge is 2.11. The zero-order valence-corrected chi connectivity index (χ0v) is 13.3. The third kappa shape index (κ3) is 3.90. The van der Waals surface area contributed by atoms with Crippen molar-refractivity contribution >= 4 is 11.6 Å². The van der Waals surface area contributed by atoms with E-state index in [1.54, 1.807) is 14.2 Å². The average molecular weight is 306 g/mol. The van der Waals surface area contributed by atoms with Crippen molar-refractivity contribution in [2.75, 3.05) is 14.2 Å². The monoisotopic (exact) mass is 305 g/mol. The predicted molar refractivity (Wildman–Crippen MR) is 86.3 cm³/mol. The first-order valence-electron chi connectivity index (χ1n) is 6.84. The SMILES string of the molecule is COc1cccc(CN[C@H](C)c2cccc(Cl)c2)c1OC. The first-order valence-corrected chi connectivity index (χ1v) is 7.22. The molecule has 0 saturated heterocycles. The Morgan fingerprint density at radius 1 is 1.10 bits per heavy atom. The van der Waals surface area contributed by atoms with Crippen LogP contribution in [0.1, 0.15) is 24.1 Å². The molecule has 0 bridgehead atoms. The minimum atomic E-state index is 0.194. The number of halogens is 1. The maximum atomic E-state index is 6.03. The van der Waals surface area contributed by atoms with Gasteiger partial charge >= 0.3 is 0 Å². The van der Waals surface area contributed by atoms with E-state index in [9.17, 15) is 0 Å². The summed E-state index contributed by atoms with van der Waals surface area (Å²) in [7, 11) is 3.30. The molecule has 0 amide bonds. The van der Waals surface area contributed by atoms with E-state index in [1.807, 2.05) is 36.4 Å². The molecule has 0 spiro atoms. The van der Waals surface area contributed by atoms with Gasteiger partial charge in [-0.1, -0.05) is 35.9 Å². The van der Waals surface area contributed by atoms with Crippen LogP contribution in [0.15, 0.2) is 42.5 Å². The third-order valence-electron chi connectivity index (χ3n) is 3.43. The molecule has 0 heterocycles. The average Bonchev–Trinajstić information content (AvgIpc) is 2.51. The molecule has 2 aromatic carbocycles. The summed E-state index contributed by atoms with van der Waals surface area (Å²) >= 11 is 6.03. The van der Waals surface area contributed by atoms with Crippen LogP contribution in [0, 0.1) is 0 Å². The van der Waals surface area contributed by atoms with E-state index in [2.05, 4.69) is 18.3 Å². The molecule has 2 rings (SSSR count). The van der Waals surface area contributed by atoms with Crippen molar-refractivity contribution < 1.29 is 9.47 Å². The van der Waals surface area contributed by atoms with Crippen LogP contribution in [-0.2, 0) is 6.54 Å². The zero-order valence-electron chi connectivity index (χ0n) is 12.5. The summed E-state index contributed by atoms with van der Waals surface area (Å²) in [5.41, 5.74) is 2.22. The van der Waals surface area contributed by atoms with Gasteiger partial charge in [-0.15, -0.1) is 0 Å². The Morgan fingerprint density at radius 3 is 2.52 bits per heavy atom. The molecule has 112 valence electrons. The second-order valence-electron chi connectivity index (χ2n) is 4.81. The fourth-order valence-corrected chi connectivity index (χ4v) is 2.45. The number of rotatable bonds is 6. The van der Waals surface area contributed by atoms with E-state index in [0.29, 0.717) is 6.54 Å². The van der Waals surface area contributed by atoms with Crippen LogP contribution in [0.3, 0.4) is 0 Å². The topological polar surface area (TPSA) is 30.5 Å². The molecule has 0 aliphatic rings. The molecule has 0 aliphatic heterocycles. The molecule has 0 aromatic heterocycles. The van der Waals surface area contributed by atoms with Crippen molar-refractivity contribution in [1.82, 2.24) is 5.32 Å². The number of nitrogens with one attached hydrogen (secondary N) is 1. The fraction of sp³-hybridized carbons (Fsp3) is 0.294. The highest BCUT2D eigenvalue weighted by molar-refractivity contribution is 6.30. The number of benzene rings is 2. The maximum absolute atomic E-state index is 6.03. The van der Waals surface area contributed by atoms with E-state index < -0.39 is 0 Å². The van der Waals surface area contributed by atoms with Gasteiger partial charge in [0.05, 0.1) is 14.2 Å². The summed E-state index contributed by atoms with van der Waals surface area (Å²) in [5.74, 6) is 1.51. The van der Waals surface area contributed by atoms with Gasteiger partial charge < -0.3 is 14.8 Å². The lowest BCUT2D eigenvalue weighted by Crippen LogP contribution is -2.18. The van der Waals surface area contributed by atoms with Crippen molar-refractivity contribution in [3.8, 4) is 11.5 Å². The van der Waals surface area contributed by atoms with Crippen molar-refractivity contribution in [3.63, 3.8) is 0 Å². The molecule has 0 radical (unpaired) electrons. The molecule has 0 saturated carbocycles. The third-order valence-corrected chi connectivity index (χ3v) is 3.67. The Kier molecular flexibility index (Phi) is 5.48. The molecule has 3 nitrogen and oxygen atoms in total. The van der Waals surface area contributed by atoms with Crippen LogP contribution in [0.4, 0.5) is 0 Å². The molecule has 0 fully saturated rings. The van der Waals surface area contributed by atoms with Crippen molar-refractivity contribution in [1.29, 1.82) is 0 Å². The van der Waals surface area contributed by atoms with Crippen molar-refractivity contribution in [2.24, 2.45) is 0 Å². The van der Waals surface area contributed by atoms with Crippen LogP contribution in [-0.4, -0.2) is 14.2 Å². The number of methoxy groups -OCH3 is 2. The molecule has 1 atom stereocenters. The second kappa shape index (κ2) is 7.34. The smallest absolute Gasteiger partial charge is 0.165 e. The van der Waals surface area contributed by atoms with Crippen LogP contribution < -0.4 is 14.8 Å². The minimum Gasteiger partial charge on any atom is -0.493 e. The maximum Gasteiger partial charge on any atom is 0.165 e. The number of ether oxygens (including phenoxy) is 2. The van der Waals surface area contributed by atoms with Crippen LogP contribution in [0.5, 0.6) is 11.5 Å². The lowest BCUT2D eigenvalue weighted by atomic mass is 10.1. The molecular formula is C17H20ClNO2. The van der Waals surface area contributed by atoms with Gasteiger partial charge in [0, 0.05) is 23.2 Å². The summed E-state index contributed by atoms with van der Waals surface area (Å²) in [4.78, 5) is 0. The van der Waals surface area contributed by atoms with Gasteiger partial charge in [0.15, 0.2) is 11.5 Å². The Labute approximate surface area is 130 Å². The molecule has 2 aromatic rings. The van der Waals surface area contributed by atoms with Crippen LogP contribution >= 0.6 is 11.6 Å². The Hall–Kier alpha value is -1.71. The van der Waals surface area contributed by atoms with E-state index in [0.717, 1.165) is 27.6 Å². The minimum absolute atomic E-state index is 0.194. The first-order chi connectivity index (χ1) is 10.2. The van der Waals surface area contributed by atoms with Crippen molar-refractivity contribution in [3.05, 3.63) is 58.6 Å². The van der Waals surface area contributed by atoms with Gasteiger partial charge in [0.25, 0.3) is 0 Å². The normalized spacial score (nSPS) is 12.0. The van der Waals surface area contributed by atoms with Crippen LogP contribution in [0.2, 0.25) is 5.02 Å². The second-order valence-corrected chi connectivity index (χ2v) is 5.25. The van der Waals surface area contributed by atoms with E-state index in [4.69, 9.17) is 21.1 Å². The molecule has 0 unspecified atom stereocenters. The van der Waals surface area contributed by atoms with E-state index in [1.165, 1.54) is 0 Å². The van der Waals surface area contributed by atoms with E-state index in [-0.39, 0.29) is 6.04 Å². The molecule has 4 heteroatoms. The lowest BCUT2D eigenvalue weighted by molar-refractivity contribution is 0.350. The van der Waals surface area contributed by atoms with Crippen molar-refractivity contribution in [2.45, 2.75) is 19.5 Å². The lowest BCUT2D eigenvalue weighted by Gasteiger charge is -2.17. The summed E-state index contributed by atoms with van der Waals surface area (Å²) in [6.07, 6.45) is 0. The Balaban J connectivity index is 2.09. The standard InChI is InChI=1S/C17H20ClNO2/c1-12(13-6-4-8-15(18)10-13)19-11-14-7-5-9-16(20-2)17(14)21-3/h4-10,12,19H,11H2,1-3H3/t12-/m1/s1. The molecule has 21 heavy (non-hydrogen) atoms. The highest BCUT2D eigenvalue weighted by Crippen LogP contribution is 2.31. The van der Waals surface area contributed by atoms with Gasteiger partial charge in [-0.05, 0) is 30.7 Å². The van der Waals surface area contributed by atoms with Gasteiger partial charge in [-0.2, -0.15) is 0 Å². The summed E-state index contributed by atoms with van der Waals surface area (Å²) in [5, 5.41) is 4.22. The molecular weight excluding hydrogens is 286 g/mol. The molecule has 0 aliphatic carbocycles. The summed E-state index contributed by atoms with van der Waals surface area (Å²) < 4.78 is 10.8. The number of hydrogen-bond acceptors (Lipinski definition) is 3. The number of hydrogen-bond donors (Lipinski definition) is 1. The Morgan fingerprint density at radius 2 is 1.86 bits per heavy atom. The summed E-state index contributed by atoms with van der Waals surface area (Å²) in [6.45, 7) is 2.80. The largest absolute Gasteiger partial charge is 0.493 e. The molecule has 1 N–H and O–H groups in total. The van der Waals surface area contributed by atoms with Gasteiger partial charge in [-0.3, -0.25) is 0 Å². The van der Waals surface area contributed by atoms with Gasteiger partial charge in [0.2, 0.25) is 0 Å². The van der Waals surface area contributed by atoms with Gasteiger partial charge in [0.1, 0.15) is 0 Å². The zero-order chi connectivity index (χ0) is 15.2. The predicted octanol–water partition coefficient (Wildman–Crippen LogP) is 4.21. The quantitative estimate of drug-likeness (QED) is 0.867. The fourth-order valence-electron chi connectivity index (χ4n) is 2.25.